The standard InChI is InChI=1S/C13H9Cl2F2N/c14-9-3-1-6-12(13(9)15)18-7-8-10(16)4-2-5-11(8)17/h1-6,18H,7H2. The van der Waals surface area contributed by atoms with Crippen LogP contribution in [0.15, 0.2) is 36.4 Å². The molecule has 94 valence electrons. The Balaban J connectivity index is 2.19. The topological polar surface area (TPSA) is 12.0 Å². The van der Waals surface area contributed by atoms with E-state index in [0.29, 0.717) is 15.7 Å². The molecule has 0 aliphatic carbocycles. The van der Waals surface area contributed by atoms with Gasteiger partial charge in [-0.15, -0.1) is 0 Å². The van der Waals surface area contributed by atoms with E-state index in [1.54, 1.807) is 18.2 Å². The Morgan fingerprint density at radius 3 is 2.22 bits per heavy atom. The maximum Gasteiger partial charge on any atom is 0.131 e. The molecule has 2 aromatic carbocycles. The summed E-state index contributed by atoms with van der Waals surface area (Å²) in [5, 5.41) is 3.57. The molecule has 0 aliphatic heterocycles. The predicted octanol–water partition coefficient (Wildman–Crippen LogP) is 4.88. The van der Waals surface area contributed by atoms with Crippen LogP contribution in [-0.4, -0.2) is 0 Å². The molecule has 0 atom stereocenters. The van der Waals surface area contributed by atoms with Crippen molar-refractivity contribution in [1.82, 2.24) is 0 Å². The van der Waals surface area contributed by atoms with Crippen molar-refractivity contribution < 1.29 is 8.78 Å². The van der Waals surface area contributed by atoms with Gasteiger partial charge in [0.25, 0.3) is 0 Å². The van der Waals surface area contributed by atoms with Gasteiger partial charge in [-0.25, -0.2) is 8.78 Å². The van der Waals surface area contributed by atoms with Crippen molar-refractivity contribution in [2.75, 3.05) is 5.32 Å². The fourth-order valence-corrected chi connectivity index (χ4v) is 1.89. The lowest BCUT2D eigenvalue weighted by atomic mass is 10.2. The summed E-state index contributed by atoms with van der Waals surface area (Å²) >= 11 is 11.8. The van der Waals surface area contributed by atoms with Crippen molar-refractivity contribution in [2.45, 2.75) is 6.54 Å². The largest absolute Gasteiger partial charge is 0.379 e. The average Bonchev–Trinajstić information content (AvgIpc) is 2.33. The number of hydrogen-bond donors (Lipinski definition) is 1. The molecule has 0 bridgehead atoms. The minimum Gasteiger partial charge on any atom is -0.379 e. The molecule has 0 spiro atoms. The highest BCUT2D eigenvalue weighted by Crippen LogP contribution is 2.30. The number of anilines is 1. The lowest BCUT2D eigenvalue weighted by Gasteiger charge is -2.10. The first-order valence-electron chi connectivity index (χ1n) is 5.20. The first-order valence-corrected chi connectivity index (χ1v) is 5.96. The summed E-state index contributed by atoms with van der Waals surface area (Å²) in [5.74, 6) is -1.19. The Kier molecular flexibility index (Phi) is 4.04. The van der Waals surface area contributed by atoms with E-state index in [2.05, 4.69) is 5.32 Å². The molecule has 0 radical (unpaired) electrons. The molecule has 0 aliphatic rings. The molecule has 0 fully saturated rings. The van der Waals surface area contributed by atoms with E-state index in [1.807, 2.05) is 0 Å². The van der Waals surface area contributed by atoms with Crippen LogP contribution in [0.2, 0.25) is 10.0 Å². The molecule has 2 aromatic rings. The molecule has 2 rings (SSSR count). The monoisotopic (exact) mass is 287 g/mol. The average molecular weight is 288 g/mol. The highest BCUT2D eigenvalue weighted by Gasteiger charge is 2.09. The lowest BCUT2D eigenvalue weighted by Crippen LogP contribution is -2.04. The Morgan fingerprint density at radius 2 is 1.56 bits per heavy atom. The summed E-state index contributed by atoms with van der Waals surface area (Å²) in [4.78, 5) is 0. The van der Waals surface area contributed by atoms with E-state index in [-0.39, 0.29) is 12.1 Å². The Labute approximate surface area is 113 Å². The van der Waals surface area contributed by atoms with Crippen LogP contribution in [0.25, 0.3) is 0 Å². The van der Waals surface area contributed by atoms with Crippen LogP contribution in [-0.2, 0) is 6.54 Å². The molecule has 1 N–H and O–H groups in total. The van der Waals surface area contributed by atoms with E-state index in [9.17, 15) is 8.78 Å². The number of benzene rings is 2. The fourth-order valence-electron chi connectivity index (χ4n) is 1.53. The number of nitrogens with one attached hydrogen (secondary N) is 1. The molecule has 0 amide bonds. The maximum atomic E-state index is 13.4. The smallest absolute Gasteiger partial charge is 0.131 e. The molecule has 5 heteroatoms. The maximum absolute atomic E-state index is 13.4. The summed E-state index contributed by atoms with van der Waals surface area (Å²) in [7, 11) is 0. The first kappa shape index (κ1) is 13.1. The lowest BCUT2D eigenvalue weighted by molar-refractivity contribution is 0.560. The minimum atomic E-state index is -0.597. The zero-order chi connectivity index (χ0) is 13.1. The predicted molar refractivity (Wildman–Crippen MR) is 70.1 cm³/mol. The second-order valence-corrected chi connectivity index (χ2v) is 4.44. The molecule has 0 heterocycles. The van der Waals surface area contributed by atoms with Gasteiger partial charge in [-0.3, -0.25) is 0 Å². The van der Waals surface area contributed by atoms with Gasteiger partial charge in [0.05, 0.1) is 15.7 Å². The quantitative estimate of drug-likeness (QED) is 0.848. The molecule has 0 saturated carbocycles. The number of halogens is 4. The summed E-state index contributed by atoms with van der Waals surface area (Å²) in [6.45, 7) is -0.00142. The van der Waals surface area contributed by atoms with Crippen LogP contribution in [0.4, 0.5) is 14.5 Å². The minimum absolute atomic E-state index is 0.00142. The third-order valence-electron chi connectivity index (χ3n) is 2.47. The van der Waals surface area contributed by atoms with E-state index in [0.717, 1.165) is 0 Å². The highest BCUT2D eigenvalue weighted by atomic mass is 35.5. The van der Waals surface area contributed by atoms with E-state index >= 15 is 0 Å². The Bertz CT molecular complexity index is 553. The fraction of sp³-hybridized carbons (Fsp3) is 0.0769. The van der Waals surface area contributed by atoms with Crippen LogP contribution in [0.5, 0.6) is 0 Å². The van der Waals surface area contributed by atoms with Crippen LogP contribution >= 0.6 is 23.2 Å². The highest BCUT2D eigenvalue weighted by molar-refractivity contribution is 6.43. The van der Waals surface area contributed by atoms with Gasteiger partial charge >= 0.3 is 0 Å². The summed E-state index contributed by atoms with van der Waals surface area (Å²) < 4.78 is 26.8. The van der Waals surface area contributed by atoms with E-state index < -0.39 is 11.6 Å². The third kappa shape index (κ3) is 2.74. The van der Waals surface area contributed by atoms with Crippen molar-refractivity contribution in [2.24, 2.45) is 0 Å². The van der Waals surface area contributed by atoms with Crippen molar-refractivity contribution in [3.8, 4) is 0 Å². The third-order valence-corrected chi connectivity index (χ3v) is 3.29. The van der Waals surface area contributed by atoms with Gasteiger partial charge in [-0.2, -0.15) is 0 Å². The van der Waals surface area contributed by atoms with Gasteiger partial charge in [0.15, 0.2) is 0 Å². The van der Waals surface area contributed by atoms with Gasteiger partial charge in [-0.05, 0) is 24.3 Å². The molecule has 1 nitrogen and oxygen atoms in total. The van der Waals surface area contributed by atoms with Crippen molar-refractivity contribution >= 4 is 28.9 Å². The molecule has 0 unspecified atom stereocenters. The van der Waals surface area contributed by atoms with Crippen LogP contribution < -0.4 is 5.32 Å². The van der Waals surface area contributed by atoms with Gasteiger partial charge in [-0.1, -0.05) is 35.3 Å². The van der Waals surface area contributed by atoms with Crippen LogP contribution in [0, 0.1) is 11.6 Å². The Morgan fingerprint density at radius 1 is 0.944 bits per heavy atom. The second-order valence-electron chi connectivity index (χ2n) is 3.66. The zero-order valence-electron chi connectivity index (χ0n) is 9.18. The van der Waals surface area contributed by atoms with Crippen molar-refractivity contribution in [1.29, 1.82) is 0 Å². The zero-order valence-corrected chi connectivity index (χ0v) is 10.7. The van der Waals surface area contributed by atoms with Gasteiger partial charge in [0.2, 0.25) is 0 Å². The summed E-state index contributed by atoms with van der Waals surface area (Å²) in [6.07, 6.45) is 0. The Hall–Kier alpha value is -1.32. The number of rotatable bonds is 3. The van der Waals surface area contributed by atoms with Crippen LogP contribution in [0.1, 0.15) is 5.56 Å². The molecular formula is C13H9Cl2F2N. The first-order chi connectivity index (χ1) is 8.59. The molecule has 18 heavy (non-hydrogen) atoms. The van der Waals surface area contributed by atoms with E-state index in [1.165, 1.54) is 18.2 Å². The normalized spacial score (nSPS) is 10.4. The molecular weight excluding hydrogens is 279 g/mol. The van der Waals surface area contributed by atoms with Crippen molar-refractivity contribution in [3.63, 3.8) is 0 Å². The molecule has 0 saturated heterocycles. The SMILES string of the molecule is Fc1cccc(F)c1CNc1cccc(Cl)c1Cl. The second kappa shape index (κ2) is 5.55. The van der Waals surface area contributed by atoms with Gasteiger partial charge in [0.1, 0.15) is 11.6 Å². The number of hydrogen-bond acceptors (Lipinski definition) is 1. The summed E-state index contributed by atoms with van der Waals surface area (Å²) in [5.41, 5.74) is 0.500. The van der Waals surface area contributed by atoms with Crippen molar-refractivity contribution in [3.05, 3.63) is 63.6 Å². The molecule has 0 aromatic heterocycles. The van der Waals surface area contributed by atoms with E-state index in [4.69, 9.17) is 23.2 Å². The van der Waals surface area contributed by atoms with Gasteiger partial charge < -0.3 is 5.32 Å². The van der Waals surface area contributed by atoms with Crippen LogP contribution in [0.3, 0.4) is 0 Å². The summed E-state index contributed by atoms with van der Waals surface area (Å²) in [6, 6.07) is 8.76. The van der Waals surface area contributed by atoms with Gasteiger partial charge in [0, 0.05) is 12.1 Å².